The zero-order chi connectivity index (χ0) is 24.7. The van der Waals surface area contributed by atoms with Crippen LogP contribution < -0.4 is 19.7 Å². The molecule has 9 heteroatoms. The Morgan fingerprint density at radius 3 is 2.63 bits per heavy atom. The van der Waals surface area contributed by atoms with Gasteiger partial charge in [0.1, 0.15) is 6.54 Å². The SMILES string of the molecule is Cc1cccc(NC(=O)CN2C(=O)CC(c3ccc4c(c3)OCO4)S(=O)(=O)c3ccccc32)c1C. The number of amides is 2. The van der Waals surface area contributed by atoms with Crippen LogP contribution in [0.4, 0.5) is 11.4 Å². The second-order valence-electron chi connectivity index (χ2n) is 8.59. The third-order valence-corrected chi connectivity index (χ3v) is 8.59. The van der Waals surface area contributed by atoms with Gasteiger partial charge in [-0.15, -0.1) is 0 Å². The van der Waals surface area contributed by atoms with Gasteiger partial charge in [0.2, 0.25) is 18.6 Å². The fourth-order valence-corrected chi connectivity index (χ4v) is 6.30. The number of nitrogens with zero attached hydrogens (tertiary/aromatic N) is 1. The average molecular weight is 493 g/mol. The van der Waals surface area contributed by atoms with Crippen molar-refractivity contribution in [3.05, 3.63) is 77.4 Å². The van der Waals surface area contributed by atoms with Gasteiger partial charge < -0.3 is 19.7 Å². The molecule has 0 spiro atoms. The molecule has 0 fully saturated rings. The van der Waals surface area contributed by atoms with Crippen LogP contribution in [0.15, 0.2) is 65.6 Å². The summed E-state index contributed by atoms with van der Waals surface area (Å²) in [6.07, 6.45) is -0.312. The van der Waals surface area contributed by atoms with Crippen molar-refractivity contribution in [3.63, 3.8) is 0 Å². The van der Waals surface area contributed by atoms with Crippen LogP contribution in [0.5, 0.6) is 11.5 Å². The minimum atomic E-state index is -3.95. The quantitative estimate of drug-likeness (QED) is 0.592. The molecule has 0 saturated carbocycles. The van der Waals surface area contributed by atoms with Gasteiger partial charge in [-0.2, -0.15) is 0 Å². The Bertz CT molecular complexity index is 1450. The highest BCUT2D eigenvalue weighted by Gasteiger charge is 2.40. The van der Waals surface area contributed by atoms with Gasteiger partial charge in [-0.05, 0) is 60.9 Å². The molecule has 2 amide bonds. The van der Waals surface area contributed by atoms with E-state index >= 15 is 0 Å². The summed E-state index contributed by atoms with van der Waals surface area (Å²) in [5, 5.41) is 1.72. The molecule has 1 unspecified atom stereocenters. The molecule has 2 aliphatic heterocycles. The molecule has 0 aliphatic carbocycles. The van der Waals surface area contributed by atoms with Crippen LogP contribution in [-0.4, -0.2) is 33.6 Å². The number of nitrogens with one attached hydrogen (secondary N) is 1. The van der Waals surface area contributed by atoms with E-state index in [0.29, 0.717) is 22.7 Å². The first-order valence-corrected chi connectivity index (χ1v) is 12.7. The molecule has 35 heavy (non-hydrogen) atoms. The van der Waals surface area contributed by atoms with Gasteiger partial charge in [0.25, 0.3) is 0 Å². The predicted molar refractivity (Wildman–Crippen MR) is 130 cm³/mol. The monoisotopic (exact) mass is 492 g/mol. The molecule has 2 aliphatic rings. The van der Waals surface area contributed by atoms with E-state index in [1.807, 2.05) is 26.0 Å². The maximum Gasteiger partial charge on any atom is 0.244 e. The lowest BCUT2D eigenvalue weighted by Crippen LogP contribution is -2.38. The number of aryl methyl sites for hydroxylation is 1. The Hall–Kier alpha value is -3.85. The van der Waals surface area contributed by atoms with Gasteiger partial charge in [-0.25, -0.2) is 8.42 Å². The molecule has 5 rings (SSSR count). The number of carbonyl (C=O) groups excluding carboxylic acids is 2. The first-order valence-electron chi connectivity index (χ1n) is 11.1. The van der Waals surface area contributed by atoms with E-state index in [-0.39, 0.29) is 30.3 Å². The predicted octanol–water partition coefficient (Wildman–Crippen LogP) is 3.92. The van der Waals surface area contributed by atoms with E-state index in [0.717, 1.165) is 11.1 Å². The summed E-state index contributed by atoms with van der Waals surface area (Å²) in [7, 11) is -3.95. The Balaban J connectivity index is 1.50. The van der Waals surface area contributed by atoms with Crippen LogP contribution in [0, 0.1) is 13.8 Å². The number of benzene rings is 3. The molecule has 0 bridgehead atoms. The summed E-state index contributed by atoms with van der Waals surface area (Å²) in [5.74, 6) is 0.0850. The van der Waals surface area contributed by atoms with Gasteiger partial charge in [0, 0.05) is 12.1 Å². The lowest BCUT2D eigenvalue weighted by Gasteiger charge is -2.22. The number of hydrogen-bond donors (Lipinski definition) is 1. The zero-order valence-corrected chi connectivity index (χ0v) is 20.1. The molecule has 0 radical (unpaired) electrons. The Morgan fingerprint density at radius 1 is 1.03 bits per heavy atom. The minimum Gasteiger partial charge on any atom is -0.454 e. The number of carbonyl (C=O) groups is 2. The Morgan fingerprint density at radius 2 is 1.80 bits per heavy atom. The number of anilines is 2. The van der Waals surface area contributed by atoms with Crippen molar-refractivity contribution in [1.29, 1.82) is 0 Å². The number of hydrogen-bond acceptors (Lipinski definition) is 6. The van der Waals surface area contributed by atoms with E-state index in [1.54, 1.807) is 42.5 Å². The van der Waals surface area contributed by atoms with Crippen molar-refractivity contribution >= 4 is 33.0 Å². The lowest BCUT2D eigenvalue weighted by atomic mass is 10.1. The minimum absolute atomic E-state index is 0.00746. The van der Waals surface area contributed by atoms with Crippen molar-refractivity contribution in [3.8, 4) is 11.5 Å². The molecule has 2 heterocycles. The largest absolute Gasteiger partial charge is 0.454 e. The summed E-state index contributed by atoms with van der Waals surface area (Å²) in [6, 6.07) is 16.7. The summed E-state index contributed by atoms with van der Waals surface area (Å²) in [5.41, 5.74) is 3.22. The maximum atomic E-state index is 13.7. The normalized spacial score (nSPS) is 18.1. The Kier molecular flexibility index (Phi) is 5.72. The van der Waals surface area contributed by atoms with Gasteiger partial charge in [0.05, 0.1) is 15.8 Å². The first-order chi connectivity index (χ1) is 16.8. The van der Waals surface area contributed by atoms with E-state index < -0.39 is 26.9 Å². The number of fused-ring (bicyclic) bond motifs is 2. The van der Waals surface area contributed by atoms with Crippen LogP contribution in [0.3, 0.4) is 0 Å². The van der Waals surface area contributed by atoms with Crippen molar-refractivity contribution in [2.24, 2.45) is 0 Å². The molecule has 180 valence electrons. The topological polar surface area (TPSA) is 102 Å². The fourth-order valence-electron chi connectivity index (χ4n) is 4.39. The van der Waals surface area contributed by atoms with Crippen LogP contribution in [0.25, 0.3) is 0 Å². The van der Waals surface area contributed by atoms with Crippen LogP contribution in [-0.2, 0) is 19.4 Å². The lowest BCUT2D eigenvalue weighted by molar-refractivity contribution is -0.121. The number of rotatable bonds is 4. The highest BCUT2D eigenvalue weighted by atomic mass is 32.2. The van der Waals surface area contributed by atoms with Gasteiger partial charge >= 0.3 is 0 Å². The van der Waals surface area contributed by atoms with E-state index in [4.69, 9.17) is 9.47 Å². The Labute approximate surface area is 203 Å². The maximum absolute atomic E-state index is 13.7. The first kappa shape index (κ1) is 22.9. The average Bonchev–Trinajstić information content (AvgIpc) is 3.29. The summed E-state index contributed by atoms with van der Waals surface area (Å²) in [4.78, 5) is 27.6. The molecular weight excluding hydrogens is 468 g/mol. The number of para-hydroxylation sites is 1. The van der Waals surface area contributed by atoms with E-state index in [1.165, 1.54) is 11.0 Å². The number of ether oxygens (including phenoxy) is 2. The summed E-state index contributed by atoms with van der Waals surface area (Å²) >= 11 is 0. The van der Waals surface area contributed by atoms with E-state index in [9.17, 15) is 18.0 Å². The standard InChI is InChI=1S/C26H24N2O6S/c1-16-6-5-7-19(17(16)2)27-25(29)14-28-20-8-3-4-9-23(20)35(31,32)24(13-26(28)30)18-10-11-21-22(12-18)34-15-33-21/h3-12,24H,13-15H2,1-2H3,(H,27,29). The highest BCUT2D eigenvalue weighted by Crippen LogP contribution is 2.43. The van der Waals surface area contributed by atoms with Crippen molar-refractivity contribution in [2.75, 3.05) is 23.6 Å². The number of sulfone groups is 1. The molecule has 1 atom stereocenters. The molecule has 1 N–H and O–H groups in total. The second kappa shape index (κ2) is 8.74. The molecule has 8 nitrogen and oxygen atoms in total. The third-order valence-electron chi connectivity index (χ3n) is 6.45. The van der Waals surface area contributed by atoms with E-state index in [2.05, 4.69) is 5.32 Å². The van der Waals surface area contributed by atoms with Crippen molar-refractivity contribution in [2.45, 2.75) is 30.4 Å². The highest BCUT2D eigenvalue weighted by molar-refractivity contribution is 7.92. The zero-order valence-electron chi connectivity index (χ0n) is 19.3. The van der Waals surface area contributed by atoms with Crippen LogP contribution in [0.1, 0.15) is 28.4 Å². The van der Waals surface area contributed by atoms with Crippen molar-refractivity contribution in [1.82, 2.24) is 0 Å². The van der Waals surface area contributed by atoms with Crippen LogP contribution >= 0.6 is 0 Å². The second-order valence-corrected chi connectivity index (χ2v) is 10.7. The summed E-state index contributed by atoms with van der Waals surface area (Å²) < 4.78 is 38.2. The molecule has 0 aromatic heterocycles. The smallest absolute Gasteiger partial charge is 0.244 e. The third kappa shape index (κ3) is 4.12. The van der Waals surface area contributed by atoms with Gasteiger partial charge in [-0.1, -0.05) is 30.3 Å². The molecule has 0 saturated heterocycles. The van der Waals surface area contributed by atoms with Gasteiger partial charge in [0.15, 0.2) is 21.3 Å². The molecular formula is C26H24N2O6S. The molecule has 3 aromatic rings. The molecule has 3 aromatic carbocycles. The van der Waals surface area contributed by atoms with Gasteiger partial charge in [-0.3, -0.25) is 9.59 Å². The fraction of sp³-hybridized carbons (Fsp3) is 0.231. The van der Waals surface area contributed by atoms with Crippen LogP contribution in [0.2, 0.25) is 0 Å². The van der Waals surface area contributed by atoms with Crippen molar-refractivity contribution < 1.29 is 27.5 Å². The summed E-state index contributed by atoms with van der Waals surface area (Å²) in [6.45, 7) is 3.59.